The standard InChI is InChI=1S/C25H30F9N3O2/c26-23(27,28)19-5-4-17(18(14-19)15-35-9-1-2-10-35)16-37-11-3-6-22(37)7-12-36(13-8-22)21(38)39-20(24(29,30)31)25(32,33)34/h4-5,14,20H,1-3,6-13,15-16H2. The third-order valence-electron chi connectivity index (χ3n) is 7.99. The average molecular weight is 576 g/mol. The second-order valence-electron chi connectivity index (χ2n) is 10.5. The van der Waals surface area contributed by atoms with E-state index in [1.807, 2.05) is 0 Å². The molecule has 220 valence electrons. The van der Waals surface area contributed by atoms with Crippen LogP contribution in [0.15, 0.2) is 18.2 Å². The molecule has 0 aromatic heterocycles. The Kier molecular flexibility index (Phi) is 8.38. The van der Waals surface area contributed by atoms with E-state index in [4.69, 9.17) is 0 Å². The Labute approximate surface area is 219 Å². The summed E-state index contributed by atoms with van der Waals surface area (Å²) in [4.78, 5) is 17.3. The van der Waals surface area contributed by atoms with Gasteiger partial charge < -0.3 is 9.64 Å². The molecule has 0 N–H and O–H groups in total. The molecule has 39 heavy (non-hydrogen) atoms. The molecule has 5 nitrogen and oxygen atoms in total. The lowest BCUT2D eigenvalue weighted by atomic mass is 9.84. The zero-order valence-corrected chi connectivity index (χ0v) is 21.1. The first-order valence-corrected chi connectivity index (χ1v) is 12.8. The van der Waals surface area contributed by atoms with Crippen molar-refractivity contribution in [3.8, 4) is 0 Å². The maximum Gasteiger partial charge on any atom is 0.434 e. The summed E-state index contributed by atoms with van der Waals surface area (Å²) in [7, 11) is 0. The van der Waals surface area contributed by atoms with Gasteiger partial charge >= 0.3 is 24.6 Å². The van der Waals surface area contributed by atoms with Crippen LogP contribution in [0.1, 0.15) is 55.2 Å². The lowest BCUT2D eigenvalue weighted by Gasteiger charge is -2.45. The summed E-state index contributed by atoms with van der Waals surface area (Å²) in [5.74, 6) is 0. The highest BCUT2D eigenvalue weighted by atomic mass is 19.4. The van der Waals surface area contributed by atoms with Crippen LogP contribution in [-0.4, -0.2) is 77.5 Å². The lowest BCUT2D eigenvalue weighted by Crippen LogP contribution is -2.54. The molecule has 0 saturated carbocycles. The highest BCUT2D eigenvalue weighted by Gasteiger charge is 2.60. The molecule has 1 spiro atoms. The molecule has 3 saturated heterocycles. The second kappa shape index (κ2) is 11.0. The lowest BCUT2D eigenvalue weighted by molar-refractivity contribution is -0.308. The average Bonchev–Trinajstić information content (AvgIpc) is 3.47. The number of alkyl halides is 9. The van der Waals surface area contributed by atoms with Crippen molar-refractivity contribution >= 4 is 6.09 Å². The first kappa shape index (κ1) is 29.8. The Balaban J connectivity index is 1.45. The van der Waals surface area contributed by atoms with Gasteiger partial charge in [-0.15, -0.1) is 0 Å². The zero-order chi connectivity index (χ0) is 28.6. The van der Waals surface area contributed by atoms with Gasteiger partial charge in [-0.05, 0) is 81.4 Å². The molecule has 4 rings (SSSR count). The van der Waals surface area contributed by atoms with Gasteiger partial charge in [-0.1, -0.05) is 6.07 Å². The number of hydrogen-bond acceptors (Lipinski definition) is 4. The molecule has 1 aromatic rings. The minimum atomic E-state index is -5.79. The molecule has 0 aliphatic carbocycles. The number of nitrogens with zero attached hydrogens (tertiary/aromatic N) is 3. The summed E-state index contributed by atoms with van der Waals surface area (Å²) >= 11 is 0. The van der Waals surface area contributed by atoms with Crippen molar-refractivity contribution in [1.29, 1.82) is 0 Å². The van der Waals surface area contributed by atoms with Gasteiger partial charge in [0.15, 0.2) is 0 Å². The number of piperidine rings is 1. The van der Waals surface area contributed by atoms with E-state index in [9.17, 15) is 44.3 Å². The number of carbonyl (C=O) groups is 1. The number of hydrogen-bond donors (Lipinski definition) is 0. The van der Waals surface area contributed by atoms with E-state index in [1.165, 1.54) is 12.1 Å². The van der Waals surface area contributed by atoms with Crippen molar-refractivity contribution in [1.82, 2.24) is 14.7 Å². The van der Waals surface area contributed by atoms with Crippen molar-refractivity contribution in [3.05, 3.63) is 34.9 Å². The molecule has 1 amide bonds. The maximum absolute atomic E-state index is 13.4. The quantitative estimate of drug-likeness (QED) is 0.383. The Bertz CT molecular complexity index is 998. The van der Waals surface area contributed by atoms with Gasteiger partial charge in [0.2, 0.25) is 0 Å². The zero-order valence-electron chi connectivity index (χ0n) is 21.1. The Morgan fingerprint density at radius 3 is 1.97 bits per heavy atom. The largest absolute Gasteiger partial charge is 0.434 e. The van der Waals surface area contributed by atoms with Crippen molar-refractivity contribution in [2.45, 2.75) is 81.8 Å². The first-order chi connectivity index (χ1) is 18.1. The van der Waals surface area contributed by atoms with Crippen molar-refractivity contribution in [3.63, 3.8) is 0 Å². The number of amides is 1. The molecule has 0 atom stereocenters. The number of benzene rings is 1. The maximum atomic E-state index is 13.4. The molecule has 3 aliphatic rings. The van der Waals surface area contributed by atoms with E-state index in [1.54, 1.807) is 0 Å². The predicted octanol–water partition coefficient (Wildman–Crippen LogP) is 6.36. The number of likely N-dealkylation sites (tertiary alicyclic amines) is 3. The van der Waals surface area contributed by atoms with Crippen LogP contribution in [0.5, 0.6) is 0 Å². The minimum absolute atomic E-state index is 0.0919. The fourth-order valence-corrected chi connectivity index (χ4v) is 5.90. The summed E-state index contributed by atoms with van der Waals surface area (Å²) in [5.41, 5.74) is 0.147. The van der Waals surface area contributed by atoms with Crippen LogP contribution in [0.2, 0.25) is 0 Å². The Morgan fingerprint density at radius 2 is 1.41 bits per heavy atom. The van der Waals surface area contributed by atoms with Crippen molar-refractivity contribution in [2.75, 3.05) is 32.7 Å². The van der Waals surface area contributed by atoms with E-state index in [2.05, 4.69) is 14.5 Å². The van der Waals surface area contributed by atoms with E-state index in [-0.39, 0.29) is 13.1 Å². The number of rotatable bonds is 5. The fourth-order valence-electron chi connectivity index (χ4n) is 5.90. The van der Waals surface area contributed by atoms with E-state index in [0.29, 0.717) is 44.5 Å². The van der Waals surface area contributed by atoms with E-state index in [0.717, 1.165) is 48.9 Å². The molecule has 0 radical (unpaired) electrons. The molecule has 3 fully saturated rings. The normalized spacial score (nSPS) is 21.3. The van der Waals surface area contributed by atoms with Crippen LogP contribution >= 0.6 is 0 Å². The smallest absolute Gasteiger partial charge is 0.426 e. The molecule has 0 unspecified atom stereocenters. The second-order valence-corrected chi connectivity index (χ2v) is 10.5. The summed E-state index contributed by atoms with van der Waals surface area (Å²) < 4.78 is 121. The van der Waals surface area contributed by atoms with Crippen LogP contribution < -0.4 is 0 Å². The number of carbonyl (C=O) groups excluding carboxylic acids is 1. The number of halogens is 9. The van der Waals surface area contributed by atoms with Crippen LogP contribution in [0.4, 0.5) is 44.3 Å². The predicted molar refractivity (Wildman–Crippen MR) is 122 cm³/mol. The highest BCUT2D eigenvalue weighted by molar-refractivity contribution is 5.68. The summed E-state index contributed by atoms with van der Waals surface area (Å²) in [6, 6.07) is 3.73. The van der Waals surface area contributed by atoms with Gasteiger partial charge in [0.25, 0.3) is 6.10 Å². The van der Waals surface area contributed by atoms with Crippen molar-refractivity contribution < 1.29 is 49.0 Å². The molecule has 1 aromatic carbocycles. The Morgan fingerprint density at radius 1 is 0.795 bits per heavy atom. The van der Waals surface area contributed by atoms with Gasteiger partial charge in [0.05, 0.1) is 5.56 Å². The van der Waals surface area contributed by atoms with Gasteiger partial charge in [-0.25, -0.2) is 4.79 Å². The molecule has 3 heterocycles. The molecular formula is C25H30F9N3O2. The van der Waals surface area contributed by atoms with Crippen LogP contribution in [0.3, 0.4) is 0 Å². The van der Waals surface area contributed by atoms with E-state index < -0.39 is 41.8 Å². The SMILES string of the molecule is O=C(OC(C(F)(F)F)C(F)(F)F)N1CCC2(CCCN2Cc2ccc(C(F)(F)F)cc2CN2CCCC2)CC1. The monoisotopic (exact) mass is 575 g/mol. The third-order valence-corrected chi connectivity index (χ3v) is 7.99. The van der Waals surface area contributed by atoms with Crippen molar-refractivity contribution in [2.24, 2.45) is 0 Å². The summed E-state index contributed by atoms with van der Waals surface area (Å²) in [5, 5.41) is 0. The summed E-state index contributed by atoms with van der Waals surface area (Å²) in [6.45, 7) is 2.81. The number of ether oxygens (including phenoxy) is 1. The topological polar surface area (TPSA) is 36.0 Å². The molecule has 3 aliphatic heterocycles. The molecule has 14 heteroatoms. The van der Waals surface area contributed by atoms with Gasteiger partial charge in [-0.3, -0.25) is 9.80 Å². The fraction of sp³-hybridized carbons (Fsp3) is 0.720. The van der Waals surface area contributed by atoms with E-state index >= 15 is 0 Å². The third kappa shape index (κ3) is 6.93. The molecule has 0 bridgehead atoms. The van der Waals surface area contributed by atoms with Gasteiger partial charge in [0, 0.05) is 31.7 Å². The first-order valence-electron chi connectivity index (χ1n) is 12.8. The summed E-state index contributed by atoms with van der Waals surface area (Å²) in [6.07, 6.45) is -17.9. The minimum Gasteiger partial charge on any atom is -0.426 e. The molecular weight excluding hydrogens is 545 g/mol. The Hall–Kier alpha value is -2.22. The highest BCUT2D eigenvalue weighted by Crippen LogP contribution is 2.41. The van der Waals surface area contributed by atoms with Gasteiger partial charge in [0.1, 0.15) is 0 Å². The van der Waals surface area contributed by atoms with Crippen LogP contribution in [0, 0.1) is 0 Å². The van der Waals surface area contributed by atoms with Gasteiger partial charge in [-0.2, -0.15) is 39.5 Å². The van der Waals surface area contributed by atoms with Crippen LogP contribution in [-0.2, 0) is 24.0 Å². The van der Waals surface area contributed by atoms with Crippen LogP contribution in [0.25, 0.3) is 0 Å².